The first-order valence-corrected chi connectivity index (χ1v) is 6.58. The van der Waals surface area contributed by atoms with E-state index in [1.165, 1.54) is 17.5 Å². The van der Waals surface area contributed by atoms with Crippen molar-refractivity contribution in [2.24, 2.45) is 0 Å². The Bertz CT molecular complexity index is 400. The first kappa shape index (κ1) is 9.47. The predicted molar refractivity (Wildman–Crippen MR) is 65.9 cm³/mol. The number of aryl methyl sites for hydroxylation is 1. The highest BCUT2D eigenvalue weighted by atomic mass is 28.2. The molecule has 2 rings (SSSR count). The van der Waals surface area contributed by atoms with Gasteiger partial charge >= 0.3 is 0 Å². The van der Waals surface area contributed by atoms with Crippen molar-refractivity contribution in [2.75, 3.05) is 0 Å². The smallest absolute Gasteiger partial charge is 0.0809 e. The zero-order chi connectivity index (χ0) is 9.97. The molecule has 0 N–H and O–H groups in total. The topological polar surface area (TPSA) is 0 Å². The second kappa shape index (κ2) is 3.97. The average molecular weight is 200 g/mol. The number of hydrogen-bond donors (Lipinski definition) is 0. The maximum Gasteiger partial charge on any atom is 0.0831 e. The molecule has 1 aliphatic rings. The van der Waals surface area contributed by atoms with E-state index in [9.17, 15) is 0 Å². The SMILES string of the molecule is Cc1cccc([SiH2]C2=CC=CC2)c1C. The molecule has 1 heteroatoms. The van der Waals surface area contributed by atoms with Crippen LogP contribution in [0.25, 0.3) is 0 Å². The Kier molecular flexibility index (Phi) is 2.68. The molecule has 14 heavy (non-hydrogen) atoms. The first-order valence-electron chi connectivity index (χ1n) is 5.17. The van der Waals surface area contributed by atoms with Gasteiger partial charge < -0.3 is 0 Å². The highest BCUT2D eigenvalue weighted by Crippen LogP contribution is 2.10. The minimum atomic E-state index is -0.187. The van der Waals surface area contributed by atoms with Crippen molar-refractivity contribution in [3.05, 3.63) is 52.8 Å². The van der Waals surface area contributed by atoms with Crippen LogP contribution in [0.3, 0.4) is 0 Å². The van der Waals surface area contributed by atoms with Crippen LogP contribution in [0.4, 0.5) is 0 Å². The van der Waals surface area contributed by atoms with Gasteiger partial charge in [0.05, 0.1) is 9.52 Å². The van der Waals surface area contributed by atoms with Gasteiger partial charge in [0.15, 0.2) is 0 Å². The van der Waals surface area contributed by atoms with Crippen LogP contribution in [0.5, 0.6) is 0 Å². The van der Waals surface area contributed by atoms with Gasteiger partial charge in [0, 0.05) is 0 Å². The zero-order valence-electron chi connectivity index (χ0n) is 8.88. The summed E-state index contributed by atoms with van der Waals surface area (Å²) in [7, 11) is -0.187. The van der Waals surface area contributed by atoms with Crippen LogP contribution < -0.4 is 5.19 Å². The summed E-state index contributed by atoms with van der Waals surface area (Å²) in [6.07, 6.45) is 7.94. The largest absolute Gasteiger partial charge is 0.0831 e. The van der Waals surface area contributed by atoms with Crippen LogP contribution in [0.15, 0.2) is 41.6 Å². The third-order valence-electron chi connectivity index (χ3n) is 2.98. The predicted octanol–water partition coefficient (Wildman–Crippen LogP) is 1.94. The van der Waals surface area contributed by atoms with E-state index in [-0.39, 0.29) is 9.52 Å². The maximum atomic E-state index is 2.30. The lowest BCUT2D eigenvalue weighted by molar-refractivity contribution is 1.36. The van der Waals surface area contributed by atoms with Crippen molar-refractivity contribution >= 4 is 14.7 Å². The molecule has 0 heterocycles. The van der Waals surface area contributed by atoms with Gasteiger partial charge in [-0.2, -0.15) is 0 Å². The Balaban J connectivity index is 2.21. The molecule has 1 aromatic rings. The van der Waals surface area contributed by atoms with Crippen molar-refractivity contribution in [2.45, 2.75) is 20.3 Å². The summed E-state index contributed by atoms with van der Waals surface area (Å²) in [6.45, 7) is 4.45. The molecule has 0 aliphatic heterocycles. The van der Waals surface area contributed by atoms with Gasteiger partial charge in [0.25, 0.3) is 0 Å². The van der Waals surface area contributed by atoms with Crippen LogP contribution >= 0.6 is 0 Å². The molecule has 0 spiro atoms. The van der Waals surface area contributed by atoms with E-state index in [2.05, 4.69) is 50.3 Å². The normalized spacial score (nSPS) is 15.4. The molecule has 0 unspecified atom stereocenters. The van der Waals surface area contributed by atoms with Gasteiger partial charge in [-0.05, 0) is 31.4 Å². The summed E-state index contributed by atoms with van der Waals surface area (Å²) < 4.78 is 0. The lowest BCUT2D eigenvalue weighted by Crippen LogP contribution is -2.19. The molecule has 0 aromatic heterocycles. The average Bonchev–Trinajstić information content (AvgIpc) is 2.66. The van der Waals surface area contributed by atoms with E-state index < -0.39 is 0 Å². The number of benzene rings is 1. The van der Waals surface area contributed by atoms with E-state index in [1.54, 1.807) is 10.4 Å². The molecule has 0 amide bonds. The molecule has 0 radical (unpaired) electrons. The Morgan fingerprint density at radius 3 is 2.79 bits per heavy atom. The fourth-order valence-electron chi connectivity index (χ4n) is 1.87. The lowest BCUT2D eigenvalue weighted by Gasteiger charge is -2.08. The van der Waals surface area contributed by atoms with Crippen LogP contribution in [0.1, 0.15) is 17.5 Å². The maximum absolute atomic E-state index is 2.30. The van der Waals surface area contributed by atoms with Crippen LogP contribution in [0, 0.1) is 13.8 Å². The molecule has 0 atom stereocenters. The van der Waals surface area contributed by atoms with Crippen molar-refractivity contribution in [3.63, 3.8) is 0 Å². The van der Waals surface area contributed by atoms with Crippen molar-refractivity contribution in [3.8, 4) is 0 Å². The molecule has 0 fully saturated rings. The quantitative estimate of drug-likeness (QED) is 0.640. The standard InChI is InChI=1S/C13H16Si/c1-10-6-5-9-13(11(10)2)14-12-7-3-4-8-12/h3-7,9H,8,14H2,1-2H3. The summed E-state index contributed by atoms with van der Waals surface area (Å²) in [6, 6.07) is 6.69. The Hall–Kier alpha value is -1.08. The highest BCUT2D eigenvalue weighted by Gasteiger charge is 2.05. The second-order valence-corrected chi connectivity index (χ2v) is 6.02. The van der Waals surface area contributed by atoms with Gasteiger partial charge in [-0.3, -0.25) is 0 Å². The summed E-state index contributed by atoms with van der Waals surface area (Å²) in [4.78, 5) is 0. The van der Waals surface area contributed by atoms with Gasteiger partial charge in [0.2, 0.25) is 0 Å². The zero-order valence-corrected chi connectivity index (χ0v) is 10.3. The number of rotatable bonds is 2. The fraction of sp³-hybridized carbons (Fsp3) is 0.231. The van der Waals surface area contributed by atoms with Crippen LogP contribution in [-0.4, -0.2) is 9.52 Å². The summed E-state index contributed by atoms with van der Waals surface area (Å²) in [5, 5.41) is 3.28. The third kappa shape index (κ3) is 1.88. The lowest BCUT2D eigenvalue weighted by atomic mass is 10.1. The van der Waals surface area contributed by atoms with Crippen molar-refractivity contribution in [1.29, 1.82) is 0 Å². The Labute approximate surface area is 88.2 Å². The van der Waals surface area contributed by atoms with E-state index in [0.717, 1.165) is 0 Å². The van der Waals surface area contributed by atoms with Crippen LogP contribution in [0.2, 0.25) is 0 Å². The molecule has 0 saturated heterocycles. The van der Waals surface area contributed by atoms with E-state index in [4.69, 9.17) is 0 Å². The Morgan fingerprint density at radius 1 is 1.21 bits per heavy atom. The van der Waals surface area contributed by atoms with Crippen molar-refractivity contribution in [1.82, 2.24) is 0 Å². The first-order chi connectivity index (χ1) is 6.77. The van der Waals surface area contributed by atoms with Crippen LogP contribution in [-0.2, 0) is 0 Å². The molecule has 0 saturated carbocycles. The van der Waals surface area contributed by atoms with Gasteiger partial charge in [-0.1, -0.05) is 46.8 Å². The highest BCUT2D eigenvalue weighted by molar-refractivity contribution is 6.61. The van der Waals surface area contributed by atoms with Crippen molar-refractivity contribution < 1.29 is 0 Å². The minimum absolute atomic E-state index is 0.187. The number of hydrogen-bond acceptors (Lipinski definition) is 0. The molecular formula is C13H16Si. The fourth-order valence-corrected chi connectivity index (χ4v) is 3.72. The van der Waals surface area contributed by atoms with E-state index >= 15 is 0 Å². The van der Waals surface area contributed by atoms with E-state index in [1.807, 2.05) is 0 Å². The molecule has 0 bridgehead atoms. The second-order valence-electron chi connectivity index (χ2n) is 3.99. The third-order valence-corrected chi connectivity index (χ3v) is 5.11. The minimum Gasteiger partial charge on any atom is -0.0809 e. The molecule has 72 valence electrons. The number of allylic oxidation sites excluding steroid dienone is 4. The molecule has 0 nitrogen and oxygen atoms in total. The van der Waals surface area contributed by atoms with Gasteiger partial charge in [-0.15, -0.1) is 0 Å². The molecule has 1 aromatic carbocycles. The monoisotopic (exact) mass is 200 g/mol. The summed E-state index contributed by atoms with van der Waals surface area (Å²) >= 11 is 0. The summed E-state index contributed by atoms with van der Waals surface area (Å²) in [5.74, 6) is 0. The Morgan fingerprint density at radius 2 is 2.07 bits per heavy atom. The molecule has 1 aliphatic carbocycles. The van der Waals surface area contributed by atoms with Gasteiger partial charge in [-0.25, -0.2) is 0 Å². The summed E-state index contributed by atoms with van der Waals surface area (Å²) in [5.41, 5.74) is 2.94. The molecular weight excluding hydrogens is 184 g/mol. The van der Waals surface area contributed by atoms with E-state index in [0.29, 0.717) is 0 Å². The van der Waals surface area contributed by atoms with Gasteiger partial charge in [0.1, 0.15) is 0 Å².